The Labute approximate surface area is 148 Å². The van der Waals surface area contributed by atoms with Gasteiger partial charge in [-0.05, 0) is 49.1 Å². The third kappa shape index (κ3) is 2.39. The summed E-state index contributed by atoms with van der Waals surface area (Å²) in [6, 6.07) is 1.87. The molecule has 0 bridgehead atoms. The molecule has 0 unspecified atom stereocenters. The zero-order valence-corrected chi connectivity index (χ0v) is 15.3. The zero-order valence-electron chi connectivity index (χ0n) is 15.3. The van der Waals surface area contributed by atoms with Gasteiger partial charge in [-0.2, -0.15) is 0 Å². The SMILES string of the molecule is Cc1cc(C2CCC2)oc(=O)c1C(=O)N1C[C@@H]2C(C)(C)C[C@]2(CO)C1. The number of carbonyl (C=O) groups excluding carboxylic acids is 1. The first-order valence-corrected chi connectivity index (χ1v) is 9.32. The number of aryl methyl sites for hydroxylation is 1. The molecular weight excluding hydrogens is 318 g/mol. The van der Waals surface area contributed by atoms with Crippen molar-refractivity contribution in [3.05, 3.63) is 33.4 Å². The van der Waals surface area contributed by atoms with Gasteiger partial charge in [0.25, 0.3) is 5.91 Å². The molecule has 5 nitrogen and oxygen atoms in total. The van der Waals surface area contributed by atoms with Crippen molar-refractivity contribution in [2.75, 3.05) is 19.7 Å². The fourth-order valence-electron chi connectivity index (χ4n) is 5.44. The lowest BCUT2D eigenvalue weighted by atomic mass is 9.48. The summed E-state index contributed by atoms with van der Waals surface area (Å²) < 4.78 is 5.48. The van der Waals surface area contributed by atoms with E-state index in [9.17, 15) is 14.7 Å². The second kappa shape index (κ2) is 5.44. The van der Waals surface area contributed by atoms with Crippen LogP contribution in [0.2, 0.25) is 0 Å². The Kier molecular flexibility index (Phi) is 3.66. The van der Waals surface area contributed by atoms with E-state index in [-0.39, 0.29) is 34.8 Å². The van der Waals surface area contributed by atoms with E-state index in [1.54, 1.807) is 4.90 Å². The molecule has 5 heteroatoms. The number of likely N-dealkylation sites (tertiary alicyclic amines) is 1. The maximum absolute atomic E-state index is 13.0. The van der Waals surface area contributed by atoms with Crippen LogP contribution in [0.1, 0.15) is 67.1 Å². The Balaban J connectivity index is 1.61. The summed E-state index contributed by atoms with van der Waals surface area (Å²) in [5, 5.41) is 9.87. The second-order valence-electron chi connectivity index (χ2n) is 9.05. The van der Waals surface area contributed by atoms with Crippen molar-refractivity contribution in [1.29, 1.82) is 0 Å². The molecule has 1 amide bonds. The minimum absolute atomic E-state index is 0.0963. The van der Waals surface area contributed by atoms with Gasteiger partial charge >= 0.3 is 5.63 Å². The summed E-state index contributed by atoms with van der Waals surface area (Å²) in [7, 11) is 0. The summed E-state index contributed by atoms with van der Waals surface area (Å²) in [5.41, 5.74) is 0.295. The number of rotatable bonds is 3. The number of aliphatic hydroxyl groups is 1. The van der Waals surface area contributed by atoms with Gasteiger partial charge < -0.3 is 14.4 Å². The van der Waals surface area contributed by atoms with E-state index in [0.717, 1.165) is 25.0 Å². The maximum atomic E-state index is 13.0. The van der Waals surface area contributed by atoms with Crippen molar-refractivity contribution in [2.45, 2.75) is 52.4 Å². The topological polar surface area (TPSA) is 70.8 Å². The van der Waals surface area contributed by atoms with Crippen LogP contribution in [0.4, 0.5) is 0 Å². The average Bonchev–Trinajstić information content (AvgIpc) is 2.80. The van der Waals surface area contributed by atoms with Crippen molar-refractivity contribution < 1.29 is 14.3 Å². The van der Waals surface area contributed by atoms with Gasteiger partial charge in [-0.3, -0.25) is 4.79 Å². The van der Waals surface area contributed by atoms with Gasteiger partial charge in [0.15, 0.2) is 0 Å². The van der Waals surface area contributed by atoms with Crippen LogP contribution in [0, 0.1) is 23.7 Å². The molecule has 2 aliphatic carbocycles. The number of hydrogen-bond donors (Lipinski definition) is 1. The fourth-order valence-corrected chi connectivity index (χ4v) is 5.44. The van der Waals surface area contributed by atoms with E-state index >= 15 is 0 Å². The van der Waals surface area contributed by atoms with Crippen LogP contribution < -0.4 is 5.63 Å². The molecule has 4 rings (SSSR count). The quantitative estimate of drug-likeness (QED) is 0.914. The summed E-state index contributed by atoms with van der Waals surface area (Å²) in [5.74, 6) is 1.09. The first kappa shape index (κ1) is 16.8. The van der Waals surface area contributed by atoms with Crippen LogP contribution in [0.3, 0.4) is 0 Å². The number of nitrogens with zero attached hydrogens (tertiary/aromatic N) is 1. The van der Waals surface area contributed by atoms with Crippen LogP contribution in [0.25, 0.3) is 0 Å². The van der Waals surface area contributed by atoms with Crippen LogP contribution in [-0.2, 0) is 0 Å². The Morgan fingerprint density at radius 2 is 2.12 bits per heavy atom. The molecule has 1 aliphatic heterocycles. The number of aliphatic hydroxyl groups excluding tert-OH is 1. The first-order chi connectivity index (χ1) is 11.8. The molecule has 1 aromatic heterocycles. The van der Waals surface area contributed by atoms with E-state index in [4.69, 9.17) is 4.42 Å². The monoisotopic (exact) mass is 345 g/mol. The van der Waals surface area contributed by atoms with E-state index < -0.39 is 5.63 Å². The number of hydrogen-bond acceptors (Lipinski definition) is 4. The summed E-state index contributed by atoms with van der Waals surface area (Å²) in [6.45, 7) is 7.43. The molecule has 2 heterocycles. The van der Waals surface area contributed by atoms with Crippen molar-refractivity contribution in [1.82, 2.24) is 4.90 Å². The van der Waals surface area contributed by atoms with Gasteiger partial charge in [0.05, 0.1) is 6.61 Å². The van der Waals surface area contributed by atoms with Crippen molar-refractivity contribution in [3.63, 3.8) is 0 Å². The molecule has 136 valence electrons. The molecule has 2 saturated carbocycles. The number of carbonyl (C=O) groups is 1. The van der Waals surface area contributed by atoms with Gasteiger partial charge in [0.2, 0.25) is 0 Å². The van der Waals surface area contributed by atoms with Crippen molar-refractivity contribution >= 4 is 5.91 Å². The highest BCUT2D eigenvalue weighted by atomic mass is 16.4. The predicted molar refractivity (Wildman–Crippen MR) is 93.6 cm³/mol. The lowest BCUT2D eigenvalue weighted by Gasteiger charge is -2.55. The lowest BCUT2D eigenvalue weighted by Crippen LogP contribution is -2.54. The first-order valence-electron chi connectivity index (χ1n) is 9.32. The highest BCUT2D eigenvalue weighted by Crippen LogP contribution is 2.62. The molecule has 0 radical (unpaired) electrons. The fraction of sp³-hybridized carbons (Fsp3) is 0.700. The summed E-state index contributed by atoms with van der Waals surface area (Å²) >= 11 is 0. The second-order valence-corrected chi connectivity index (χ2v) is 9.05. The molecule has 0 aromatic carbocycles. The van der Waals surface area contributed by atoms with Gasteiger partial charge in [-0.15, -0.1) is 0 Å². The smallest absolute Gasteiger partial charge is 0.349 e. The molecule has 25 heavy (non-hydrogen) atoms. The highest BCUT2D eigenvalue weighted by molar-refractivity contribution is 5.95. The van der Waals surface area contributed by atoms with E-state index in [1.165, 1.54) is 6.42 Å². The van der Waals surface area contributed by atoms with Crippen LogP contribution in [0.15, 0.2) is 15.3 Å². The molecule has 3 aliphatic rings. The molecule has 1 N–H and O–H groups in total. The van der Waals surface area contributed by atoms with E-state index in [0.29, 0.717) is 24.6 Å². The Bertz CT molecular complexity index is 776. The van der Waals surface area contributed by atoms with Crippen molar-refractivity contribution in [3.8, 4) is 0 Å². The minimum Gasteiger partial charge on any atom is -0.427 e. The van der Waals surface area contributed by atoms with E-state index in [1.807, 2.05) is 13.0 Å². The molecule has 3 fully saturated rings. The van der Waals surface area contributed by atoms with Gasteiger partial charge in [-0.25, -0.2) is 4.79 Å². The number of amides is 1. The molecule has 1 aromatic rings. The standard InChI is InChI=1S/C20H27NO4/c1-12-7-14(13-5-4-6-13)25-18(24)16(12)17(23)21-8-15-19(2,3)9-20(15,10-21)11-22/h7,13,15,22H,4-6,8-11H2,1-3H3/t15-,20-/m1/s1. The Morgan fingerprint density at radius 3 is 2.60 bits per heavy atom. The summed E-state index contributed by atoms with van der Waals surface area (Å²) in [4.78, 5) is 27.3. The lowest BCUT2D eigenvalue weighted by molar-refractivity contribution is -0.0977. The van der Waals surface area contributed by atoms with Crippen molar-refractivity contribution in [2.24, 2.45) is 16.7 Å². The zero-order chi connectivity index (χ0) is 18.0. The van der Waals surface area contributed by atoms with Gasteiger partial charge in [0.1, 0.15) is 11.3 Å². The maximum Gasteiger partial charge on any atom is 0.349 e. The molecule has 2 atom stereocenters. The largest absolute Gasteiger partial charge is 0.427 e. The van der Waals surface area contributed by atoms with Crippen LogP contribution >= 0.6 is 0 Å². The number of fused-ring (bicyclic) bond motifs is 1. The molecular formula is C20H27NO4. The summed E-state index contributed by atoms with van der Waals surface area (Å²) in [6.07, 6.45) is 4.19. The third-order valence-electron chi connectivity index (χ3n) is 6.89. The van der Waals surface area contributed by atoms with Gasteiger partial charge in [-0.1, -0.05) is 20.3 Å². The highest BCUT2D eigenvalue weighted by Gasteiger charge is 2.63. The Morgan fingerprint density at radius 1 is 1.40 bits per heavy atom. The minimum atomic E-state index is -0.511. The van der Waals surface area contributed by atoms with Gasteiger partial charge in [0, 0.05) is 24.4 Å². The predicted octanol–water partition coefficient (Wildman–Crippen LogP) is 2.70. The van der Waals surface area contributed by atoms with Crippen LogP contribution in [-0.4, -0.2) is 35.6 Å². The average molecular weight is 345 g/mol. The van der Waals surface area contributed by atoms with Crippen LogP contribution in [0.5, 0.6) is 0 Å². The molecule has 1 saturated heterocycles. The van der Waals surface area contributed by atoms with E-state index in [2.05, 4.69) is 13.8 Å². The third-order valence-corrected chi connectivity index (χ3v) is 6.89. The molecule has 0 spiro atoms. The normalized spacial score (nSPS) is 30.6. The Hall–Kier alpha value is -1.62.